The van der Waals surface area contributed by atoms with Gasteiger partial charge in [-0.2, -0.15) is 22.7 Å². The quantitative estimate of drug-likeness (QED) is 0.0774. The second-order valence-corrected chi connectivity index (χ2v) is 31.9. The van der Waals surface area contributed by atoms with Gasteiger partial charge in [-0.3, -0.25) is 0 Å². The molecule has 2 aromatic heterocycles. The highest BCUT2D eigenvalue weighted by molar-refractivity contribution is 7.43. The first-order valence-corrected chi connectivity index (χ1v) is 29.4. The minimum Gasteiger partial charge on any atom is -0.154 e. The Balaban J connectivity index is 2.74. The summed E-state index contributed by atoms with van der Waals surface area (Å²) in [6, 6.07) is 23.1. The van der Waals surface area contributed by atoms with Gasteiger partial charge in [0.2, 0.25) is 0 Å². The van der Waals surface area contributed by atoms with E-state index in [-0.39, 0.29) is 0 Å². The Hall–Kier alpha value is 0.0506. The van der Waals surface area contributed by atoms with Gasteiger partial charge in [0.25, 0.3) is 0 Å². The van der Waals surface area contributed by atoms with Crippen LogP contribution in [0.3, 0.4) is 0 Å². The van der Waals surface area contributed by atoms with Crippen LogP contribution in [0.1, 0.15) is 158 Å². The molecule has 0 unspecified atom stereocenters. The Labute approximate surface area is 294 Å². The molecular weight excluding hydrogens is 629 g/mol. The molecule has 0 aromatic carbocycles. The van der Waals surface area contributed by atoms with E-state index in [0.29, 0.717) is 0 Å². The summed E-state index contributed by atoms with van der Waals surface area (Å²) < 4.78 is 7.59. The van der Waals surface area contributed by atoms with E-state index in [9.17, 15) is 0 Å². The summed E-state index contributed by atoms with van der Waals surface area (Å²) in [7, 11) is -4.76. The Morgan fingerprint density at radius 1 is 0.333 bits per heavy atom. The highest BCUT2D eigenvalue weighted by Crippen LogP contribution is 2.34. The van der Waals surface area contributed by atoms with Crippen LogP contribution in [0, 0.1) is 0 Å². The Kier molecular flexibility index (Phi) is 20.7. The Morgan fingerprint density at radius 3 is 0.800 bits per heavy atom. The van der Waals surface area contributed by atoms with Gasteiger partial charge in [0.05, 0.1) is 16.1 Å². The molecule has 0 N–H and O–H groups in total. The first kappa shape index (κ1) is 41.2. The maximum atomic E-state index is 2.75. The highest BCUT2D eigenvalue weighted by atomic mass is 32.1. The van der Waals surface area contributed by atoms with Gasteiger partial charge in [-0.1, -0.05) is 219 Å². The third kappa shape index (κ3) is 11.6. The fourth-order valence-electron chi connectivity index (χ4n) is 8.04. The fourth-order valence-corrected chi connectivity index (χ4v) is 32.4. The summed E-state index contributed by atoms with van der Waals surface area (Å²) in [6.07, 6.45) is 22.3. The maximum absolute atomic E-state index is 2.75. The zero-order chi connectivity index (χ0) is 33.0. The zero-order valence-electron chi connectivity index (χ0n) is 31.6. The number of rotatable bonds is 28. The lowest BCUT2D eigenvalue weighted by atomic mass is 10.4. The molecule has 0 nitrogen and oxygen atoms in total. The maximum Gasteiger partial charge on any atom is 0.143 e. The van der Waals surface area contributed by atoms with E-state index in [1.807, 2.05) is 18.0 Å². The molecule has 0 aliphatic carbocycles. The zero-order valence-corrected chi connectivity index (χ0v) is 36.2. The summed E-state index contributed by atoms with van der Waals surface area (Å²) in [5.41, 5.74) is 0. The van der Waals surface area contributed by atoms with E-state index in [1.165, 1.54) is 151 Å². The van der Waals surface area contributed by atoms with Gasteiger partial charge in [-0.05, 0) is 30.1 Å². The van der Waals surface area contributed by atoms with Crippen LogP contribution in [0.25, 0.3) is 0 Å². The lowest BCUT2D eigenvalue weighted by Gasteiger charge is -2.33. The Morgan fingerprint density at radius 2 is 0.556 bits per heavy atom. The van der Waals surface area contributed by atoms with E-state index < -0.39 is 24.2 Å². The standard InChI is InChI=1S/C40H76S2Si3/c1-9-17-29-43(30-18-10-2,31-19-11-3)37-25-27-39(41-37)45(35-23-15-7,36-24-16-8)40-28-26-38(42-40)44(32-20-12-4,33-21-13-5)34-22-14-6/h25-28H,9-24,29-36H2,1-8H3. The lowest BCUT2D eigenvalue weighted by Crippen LogP contribution is -2.56. The lowest BCUT2D eigenvalue weighted by molar-refractivity contribution is 0.801. The molecule has 2 aromatic rings. The van der Waals surface area contributed by atoms with Gasteiger partial charge >= 0.3 is 0 Å². The first-order chi connectivity index (χ1) is 21.9. The van der Waals surface area contributed by atoms with Crippen LogP contribution in [-0.2, 0) is 0 Å². The topological polar surface area (TPSA) is 0 Å². The molecule has 0 aliphatic heterocycles. The molecule has 0 amide bonds. The van der Waals surface area contributed by atoms with Gasteiger partial charge in [0, 0.05) is 0 Å². The van der Waals surface area contributed by atoms with Crippen LogP contribution in [0.4, 0.5) is 0 Å². The van der Waals surface area contributed by atoms with Crippen molar-refractivity contribution in [3.8, 4) is 0 Å². The molecule has 2 heterocycles. The first-order valence-electron chi connectivity index (χ1n) is 20.1. The molecule has 45 heavy (non-hydrogen) atoms. The second-order valence-electron chi connectivity index (χ2n) is 14.8. The smallest absolute Gasteiger partial charge is 0.143 e. The third-order valence-electron chi connectivity index (χ3n) is 11.2. The van der Waals surface area contributed by atoms with Crippen molar-refractivity contribution in [1.29, 1.82) is 0 Å². The van der Waals surface area contributed by atoms with Crippen LogP contribution in [0.5, 0.6) is 0 Å². The normalized spacial score (nSPS) is 12.8. The van der Waals surface area contributed by atoms with Crippen molar-refractivity contribution in [2.75, 3.05) is 0 Å². The van der Waals surface area contributed by atoms with Crippen molar-refractivity contribution in [3.05, 3.63) is 24.3 Å². The molecule has 0 radical (unpaired) electrons. The predicted molar refractivity (Wildman–Crippen MR) is 222 cm³/mol. The van der Waals surface area contributed by atoms with Gasteiger partial charge in [0.1, 0.15) is 8.07 Å². The molecule has 0 aliphatic rings. The van der Waals surface area contributed by atoms with Crippen LogP contribution >= 0.6 is 22.7 Å². The average molecular weight is 705 g/mol. The van der Waals surface area contributed by atoms with Crippen molar-refractivity contribution >= 4 is 64.9 Å². The van der Waals surface area contributed by atoms with Crippen molar-refractivity contribution in [2.24, 2.45) is 0 Å². The van der Waals surface area contributed by atoms with Crippen molar-refractivity contribution in [3.63, 3.8) is 0 Å². The predicted octanol–water partition coefficient (Wildman–Crippen LogP) is 13.1. The van der Waals surface area contributed by atoms with Crippen LogP contribution < -0.4 is 18.0 Å². The molecule has 0 atom stereocenters. The minimum absolute atomic E-state index is 1.34. The summed E-state index contributed by atoms with van der Waals surface area (Å²) in [6.45, 7) is 19.4. The number of hydrogen-bond donors (Lipinski definition) is 0. The van der Waals surface area contributed by atoms with Crippen molar-refractivity contribution in [1.82, 2.24) is 0 Å². The molecule has 0 saturated heterocycles. The number of unbranched alkanes of at least 4 members (excludes halogenated alkanes) is 8. The second kappa shape index (κ2) is 22.6. The monoisotopic (exact) mass is 704 g/mol. The molecule has 5 heteroatoms. The molecule has 0 spiro atoms. The largest absolute Gasteiger partial charge is 0.154 e. The fraction of sp³-hybridized carbons (Fsp3) is 0.800. The molecule has 0 bridgehead atoms. The van der Waals surface area contributed by atoms with Crippen molar-refractivity contribution < 1.29 is 0 Å². The third-order valence-corrected chi connectivity index (χ3v) is 33.7. The van der Waals surface area contributed by atoms with Gasteiger partial charge in [0.15, 0.2) is 0 Å². The molecule has 0 saturated carbocycles. The number of thiophene rings is 2. The van der Waals surface area contributed by atoms with Crippen molar-refractivity contribution in [2.45, 2.75) is 206 Å². The molecule has 260 valence electrons. The summed E-state index contributed by atoms with van der Waals surface area (Å²) >= 11 is 4.79. The van der Waals surface area contributed by atoms with Gasteiger partial charge in [-0.25, -0.2) is 0 Å². The van der Waals surface area contributed by atoms with E-state index in [0.717, 1.165) is 0 Å². The average Bonchev–Trinajstić information content (AvgIpc) is 3.77. The summed E-state index contributed by atoms with van der Waals surface area (Å²) in [4.78, 5) is 0. The molecule has 0 fully saturated rings. The summed E-state index contributed by atoms with van der Waals surface area (Å²) in [5, 5.41) is 0. The van der Waals surface area contributed by atoms with E-state index in [4.69, 9.17) is 0 Å². The van der Waals surface area contributed by atoms with Gasteiger partial charge in [-0.15, -0.1) is 0 Å². The SMILES string of the molecule is CCCC[Si](CCCC)(CCCC)c1ccc([Si](CCCC)(CCCC)c2ccc([Si](CCCC)(CCCC)CCCC)s2)s1. The van der Waals surface area contributed by atoms with E-state index in [2.05, 4.69) is 102 Å². The number of hydrogen-bond acceptors (Lipinski definition) is 2. The Bertz CT molecular complexity index is 885. The molecular formula is C40H76S2Si3. The van der Waals surface area contributed by atoms with E-state index in [1.54, 1.807) is 0 Å². The van der Waals surface area contributed by atoms with Gasteiger partial charge < -0.3 is 0 Å². The van der Waals surface area contributed by atoms with Crippen LogP contribution in [0.2, 0.25) is 48.4 Å². The molecule has 2 rings (SSSR count). The van der Waals surface area contributed by atoms with E-state index >= 15 is 0 Å². The van der Waals surface area contributed by atoms with Crippen LogP contribution in [0.15, 0.2) is 24.3 Å². The van der Waals surface area contributed by atoms with Crippen LogP contribution in [-0.4, -0.2) is 24.2 Å². The minimum atomic E-state index is -1.81. The highest BCUT2D eigenvalue weighted by Gasteiger charge is 2.43. The summed E-state index contributed by atoms with van der Waals surface area (Å²) in [5.74, 6) is 0.